The van der Waals surface area contributed by atoms with Gasteiger partial charge in [-0.2, -0.15) is 0 Å². The zero-order valence-corrected chi connectivity index (χ0v) is 21.0. The Hall–Kier alpha value is -2.81. The van der Waals surface area contributed by atoms with Crippen LogP contribution in [0.2, 0.25) is 0 Å². The molecule has 0 aliphatic heterocycles. The Kier molecular flexibility index (Phi) is 6.27. The lowest BCUT2D eigenvalue weighted by Gasteiger charge is -2.46. The average molecular weight is 510 g/mol. The highest BCUT2D eigenvalue weighted by Crippen LogP contribution is 2.46. The fourth-order valence-electron chi connectivity index (χ4n) is 6.01. The lowest BCUT2D eigenvalue weighted by Crippen LogP contribution is -2.52. The first-order chi connectivity index (χ1) is 17.5. The molecule has 36 heavy (non-hydrogen) atoms. The van der Waals surface area contributed by atoms with Crippen LogP contribution in [0.5, 0.6) is 5.75 Å². The van der Waals surface area contributed by atoms with E-state index in [0.717, 1.165) is 38.5 Å². The molecule has 3 fully saturated rings. The van der Waals surface area contributed by atoms with Gasteiger partial charge in [0.25, 0.3) is 0 Å². The third kappa shape index (κ3) is 4.42. The van der Waals surface area contributed by atoms with Crippen LogP contribution in [-0.2, 0) is 0 Å². The van der Waals surface area contributed by atoms with Crippen molar-refractivity contribution in [3.8, 4) is 28.3 Å². The van der Waals surface area contributed by atoms with Gasteiger partial charge >= 0.3 is 0 Å². The summed E-state index contributed by atoms with van der Waals surface area (Å²) in [5.74, 6) is 1.22. The number of nitrogens with zero attached hydrogens (tertiary/aromatic N) is 5. The fraction of sp³-hybridized carbons (Fsp3) is 0.481. The number of alkyl halides is 1. The summed E-state index contributed by atoms with van der Waals surface area (Å²) in [6.45, 7) is 0. The van der Waals surface area contributed by atoms with Crippen LogP contribution in [0.4, 0.5) is 14.6 Å². The summed E-state index contributed by atoms with van der Waals surface area (Å²) < 4.78 is 29.7. The monoisotopic (exact) mass is 509 g/mol. The van der Waals surface area contributed by atoms with Crippen molar-refractivity contribution in [1.82, 2.24) is 20.2 Å². The van der Waals surface area contributed by atoms with Crippen molar-refractivity contribution in [2.24, 2.45) is 11.8 Å². The van der Waals surface area contributed by atoms with Gasteiger partial charge in [0.1, 0.15) is 16.9 Å². The van der Waals surface area contributed by atoms with E-state index in [1.54, 1.807) is 36.8 Å². The van der Waals surface area contributed by atoms with Gasteiger partial charge in [0.15, 0.2) is 17.5 Å². The van der Waals surface area contributed by atoms with Gasteiger partial charge in [-0.25, -0.2) is 18.7 Å². The zero-order chi connectivity index (χ0) is 24.8. The number of aromatic nitrogens is 4. The molecule has 6 rings (SSSR count). The number of thioether (sulfide) groups is 1. The molecule has 3 aromatic rings. The molecule has 188 valence electrons. The van der Waals surface area contributed by atoms with Crippen LogP contribution in [0.15, 0.2) is 41.7 Å². The molecule has 2 bridgehead atoms. The molecule has 2 heterocycles. The zero-order valence-electron chi connectivity index (χ0n) is 20.1. The SMILES string of the molecule is CSc1ncc(-c2ccc(-c3ncc(N(C4CC4)[C@H]4C[C@@H]5CCC[C@@H](C5)[C@H]4F)nn3)c(O)c2)cc1F. The predicted molar refractivity (Wildman–Crippen MR) is 136 cm³/mol. The lowest BCUT2D eigenvalue weighted by atomic mass is 9.69. The maximum atomic E-state index is 15.5. The number of phenols is 1. The molecule has 9 heteroatoms. The average Bonchev–Trinajstić information content (AvgIpc) is 3.73. The number of pyridine rings is 1. The smallest absolute Gasteiger partial charge is 0.185 e. The van der Waals surface area contributed by atoms with E-state index in [2.05, 4.69) is 25.1 Å². The van der Waals surface area contributed by atoms with Gasteiger partial charge in [0.2, 0.25) is 0 Å². The van der Waals surface area contributed by atoms with Gasteiger partial charge in [-0.05, 0) is 74.0 Å². The third-order valence-corrected chi connectivity index (χ3v) is 8.59. The van der Waals surface area contributed by atoms with E-state index in [1.807, 2.05) is 0 Å². The molecule has 0 saturated heterocycles. The maximum Gasteiger partial charge on any atom is 0.185 e. The van der Waals surface area contributed by atoms with E-state index in [-0.39, 0.29) is 23.5 Å². The number of hydrogen-bond acceptors (Lipinski definition) is 7. The van der Waals surface area contributed by atoms with Crippen molar-refractivity contribution in [3.63, 3.8) is 0 Å². The molecule has 0 amide bonds. The number of hydrogen-bond donors (Lipinski definition) is 1. The largest absolute Gasteiger partial charge is 0.507 e. The molecule has 4 atom stereocenters. The Balaban J connectivity index is 1.25. The van der Waals surface area contributed by atoms with Crippen molar-refractivity contribution in [2.75, 3.05) is 11.2 Å². The Labute approximate surface area is 213 Å². The van der Waals surface area contributed by atoms with E-state index in [4.69, 9.17) is 0 Å². The van der Waals surface area contributed by atoms with Gasteiger partial charge < -0.3 is 10.0 Å². The van der Waals surface area contributed by atoms with Crippen LogP contribution in [0.1, 0.15) is 44.9 Å². The number of halogens is 2. The minimum atomic E-state index is -0.843. The first kappa shape index (κ1) is 23.6. The Morgan fingerprint density at radius 3 is 2.56 bits per heavy atom. The van der Waals surface area contributed by atoms with Gasteiger partial charge in [-0.15, -0.1) is 22.0 Å². The fourth-order valence-corrected chi connectivity index (χ4v) is 6.43. The molecule has 3 aliphatic rings. The molecular weight excluding hydrogens is 480 g/mol. The number of phenolic OH excluding ortho intramolecular Hbond substituents is 1. The Morgan fingerprint density at radius 2 is 1.86 bits per heavy atom. The van der Waals surface area contributed by atoms with Crippen molar-refractivity contribution in [1.29, 1.82) is 0 Å². The Bertz CT molecular complexity index is 1260. The van der Waals surface area contributed by atoms with Crippen LogP contribution in [-0.4, -0.2) is 49.8 Å². The number of rotatable bonds is 6. The van der Waals surface area contributed by atoms with Crippen LogP contribution < -0.4 is 4.90 Å². The molecule has 1 N–H and O–H groups in total. The molecular formula is C27H29F2N5OS. The van der Waals surface area contributed by atoms with E-state index in [1.165, 1.54) is 24.2 Å². The first-order valence-corrected chi connectivity index (χ1v) is 13.9. The van der Waals surface area contributed by atoms with E-state index < -0.39 is 12.0 Å². The normalized spacial score (nSPS) is 25.5. The molecule has 3 aliphatic carbocycles. The van der Waals surface area contributed by atoms with Crippen LogP contribution in [0.3, 0.4) is 0 Å². The lowest BCUT2D eigenvalue weighted by molar-refractivity contribution is 0.0631. The molecule has 1 aromatic carbocycles. The summed E-state index contributed by atoms with van der Waals surface area (Å²) in [6.07, 6.45) is 11.4. The van der Waals surface area contributed by atoms with Crippen molar-refractivity contribution in [2.45, 2.75) is 68.2 Å². The number of fused-ring (bicyclic) bond motifs is 2. The van der Waals surface area contributed by atoms with E-state index in [0.29, 0.717) is 39.5 Å². The minimum Gasteiger partial charge on any atom is -0.507 e. The van der Waals surface area contributed by atoms with Crippen molar-refractivity contribution in [3.05, 3.63) is 42.5 Å². The Morgan fingerprint density at radius 1 is 1.00 bits per heavy atom. The number of benzene rings is 1. The van der Waals surface area contributed by atoms with Gasteiger partial charge in [-0.1, -0.05) is 18.9 Å². The summed E-state index contributed by atoms with van der Waals surface area (Å²) in [6, 6.07) is 6.56. The summed E-state index contributed by atoms with van der Waals surface area (Å²) in [7, 11) is 0. The summed E-state index contributed by atoms with van der Waals surface area (Å²) in [4.78, 5) is 10.8. The topological polar surface area (TPSA) is 75.0 Å². The first-order valence-electron chi connectivity index (χ1n) is 12.7. The number of anilines is 1. The summed E-state index contributed by atoms with van der Waals surface area (Å²) >= 11 is 1.24. The van der Waals surface area contributed by atoms with Gasteiger partial charge in [0, 0.05) is 17.8 Å². The van der Waals surface area contributed by atoms with Crippen LogP contribution in [0.25, 0.3) is 22.5 Å². The van der Waals surface area contributed by atoms with Gasteiger partial charge in [-0.3, -0.25) is 0 Å². The minimum absolute atomic E-state index is 0.0284. The van der Waals surface area contributed by atoms with E-state index >= 15 is 4.39 Å². The highest BCUT2D eigenvalue weighted by molar-refractivity contribution is 7.98. The molecule has 0 spiro atoms. The predicted octanol–water partition coefficient (Wildman–Crippen LogP) is 6.05. The van der Waals surface area contributed by atoms with Crippen molar-refractivity contribution >= 4 is 17.6 Å². The molecule has 0 radical (unpaired) electrons. The summed E-state index contributed by atoms with van der Waals surface area (Å²) in [5, 5.41) is 19.8. The van der Waals surface area contributed by atoms with E-state index in [9.17, 15) is 9.50 Å². The van der Waals surface area contributed by atoms with Crippen LogP contribution in [0, 0.1) is 17.7 Å². The third-order valence-electron chi connectivity index (χ3n) is 7.90. The highest BCUT2D eigenvalue weighted by Gasteiger charge is 2.46. The standard InChI is InChI=1S/C27H29F2N5OS/c1-36-27-21(28)11-18(13-31-27)16-5-8-20(23(35)12-16)26-30-14-24(32-33-26)34(19-6-7-19)22-10-15-3-2-4-17(9-15)25(22)29/h5,8,11-15,17,19,22,25,35H,2-4,6-7,9-10H2,1H3/t15-,17+,22+,25-/m1/s1. The maximum absolute atomic E-state index is 15.5. The second kappa shape index (κ2) is 9.57. The number of aromatic hydroxyl groups is 1. The molecule has 6 nitrogen and oxygen atoms in total. The second-order valence-corrected chi connectivity index (χ2v) is 11.1. The molecule has 3 saturated carbocycles. The quantitative estimate of drug-likeness (QED) is 0.405. The summed E-state index contributed by atoms with van der Waals surface area (Å²) in [5.41, 5.74) is 1.64. The molecule has 0 unspecified atom stereocenters. The highest BCUT2D eigenvalue weighted by atomic mass is 32.2. The molecule has 2 aromatic heterocycles. The van der Waals surface area contributed by atoms with Gasteiger partial charge in [0.05, 0.1) is 17.8 Å². The van der Waals surface area contributed by atoms with Crippen molar-refractivity contribution < 1.29 is 13.9 Å². The second-order valence-electron chi connectivity index (χ2n) is 10.3. The van der Waals surface area contributed by atoms with Crippen LogP contribution >= 0.6 is 11.8 Å².